The van der Waals surface area contributed by atoms with Gasteiger partial charge in [-0.1, -0.05) is 19.1 Å². The fraction of sp³-hybridized carbons (Fsp3) is 0.391. The predicted molar refractivity (Wildman–Crippen MR) is 116 cm³/mol. The zero-order valence-electron chi connectivity index (χ0n) is 17.1. The minimum absolute atomic E-state index is 0.105. The number of rotatable bonds is 7. The van der Waals surface area contributed by atoms with Crippen LogP contribution in [0.3, 0.4) is 0 Å². The van der Waals surface area contributed by atoms with Gasteiger partial charge in [0.1, 0.15) is 5.75 Å². The maximum Gasteiger partial charge on any atom is 0.257 e. The normalized spacial score (nSPS) is 16.5. The Morgan fingerprint density at radius 2 is 1.90 bits per heavy atom. The lowest BCUT2D eigenvalue weighted by Crippen LogP contribution is -2.36. The number of benzene rings is 2. The van der Waals surface area contributed by atoms with Gasteiger partial charge in [0.2, 0.25) is 5.96 Å². The second kappa shape index (κ2) is 10.6. The van der Waals surface area contributed by atoms with Crippen LogP contribution in [0, 0.1) is 0 Å². The first-order valence-electron chi connectivity index (χ1n) is 10.2. The van der Waals surface area contributed by atoms with Gasteiger partial charge in [-0.15, -0.1) is 0 Å². The zero-order chi connectivity index (χ0) is 20.5. The fourth-order valence-corrected chi connectivity index (χ4v) is 3.10. The van der Waals surface area contributed by atoms with Gasteiger partial charge in [0.25, 0.3) is 5.91 Å². The molecule has 2 aromatic carbocycles. The fourth-order valence-electron chi connectivity index (χ4n) is 3.10. The van der Waals surface area contributed by atoms with E-state index < -0.39 is 0 Å². The molecule has 1 aliphatic heterocycles. The number of ether oxygens (including phenoxy) is 2. The third-order valence-corrected chi connectivity index (χ3v) is 4.76. The van der Waals surface area contributed by atoms with Gasteiger partial charge in [0, 0.05) is 17.9 Å². The van der Waals surface area contributed by atoms with E-state index in [4.69, 9.17) is 9.47 Å². The summed E-state index contributed by atoms with van der Waals surface area (Å²) in [6.45, 7) is 5.94. The van der Waals surface area contributed by atoms with Gasteiger partial charge in [0.15, 0.2) is 0 Å². The molecule has 0 aliphatic carbocycles. The van der Waals surface area contributed by atoms with Crippen molar-refractivity contribution in [2.24, 2.45) is 4.99 Å². The molecule has 1 unspecified atom stereocenters. The van der Waals surface area contributed by atoms with E-state index in [1.807, 2.05) is 55.5 Å². The molecule has 2 aromatic rings. The molecule has 1 atom stereocenters. The van der Waals surface area contributed by atoms with Crippen molar-refractivity contribution in [1.82, 2.24) is 5.32 Å². The number of carbonyl (C=O) groups is 1. The van der Waals surface area contributed by atoms with Crippen molar-refractivity contribution in [3.8, 4) is 5.75 Å². The van der Waals surface area contributed by atoms with Crippen molar-refractivity contribution >= 4 is 17.6 Å². The first-order chi connectivity index (χ1) is 14.2. The lowest BCUT2D eigenvalue weighted by atomic mass is 10.1. The molecule has 0 aromatic heterocycles. The highest BCUT2D eigenvalue weighted by atomic mass is 16.5. The van der Waals surface area contributed by atoms with Crippen LogP contribution >= 0.6 is 0 Å². The van der Waals surface area contributed by atoms with Gasteiger partial charge in [-0.05, 0) is 68.1 Å². The van der Waals surface area contributed by atoms with Crippen LogP contribution in [0.4, 0.5) is 5.69 Å². The summed E-state index contributed by atoms with van der Waals surface area (Å²) in [6.07, 6.45) is 3.09. The Kier molecular flexibility index (Phi) is 7.64. The Hall–Kier alpha value is -2.86. The van der Waals surface area contributed by atoms with Crippen LogP contribution in [-0.4, -0.2) is 37.7 Å². The number of anilines is 1. The maximum atomic E-state index is 12.7. The van der Waals surface area contributed by atoms with Gasteiger partial charge < -0.3 is 14.8 Å². The van der Waals surface area contributed by atoms with E-state index in [9.17, 15) is 4.79 Å². The second-order valence-electron chi connectivity index (χ2n) is 6.91. The molecule has 3 rings (SSSR count). The molecular formula is C23H29N3O3. The Bertz CT molecular complexity index is 810. The van der Waals surface area contributed by atoms with Crippen LogP contribution in [0.5, 0.6) is 5.75 Å². The van der Waals surface area contributed by atoms with Gasteiger partial charge in [0.05, 0.1) is 19.3 Å². The Morgan fingerprint density at radius 1 is 1.14 bits per heavy atom. The van der Waals surface area contributed by atoms with Crippen LogP contribution in [-0.2, 0) is 11.2 Å². The number of nitrogens with zero attached hydrogens (tertiary/aromatic N) is 1. The molecule has 1 fully saturated rings. The Labute approximate surface area is 172 Å². The van der Waals surface area contributed by atoms with Crippen LogP contribution in [0.1, 0.15) is 42.6 Å². The summed E-state index contributed by atoms with van der Waals surface area (Å²) in [7, 11) is 0. The average Bonchev–Trinajstić information content (AvgIpc) is 3.27. The van der Waals surface area contributed by atoms with E-state index in [0.29, 0.717) is 24.7 Å². The number of aliphatic imine (C=N–C) groups is 1. The van der Waals surface area contributed by atoms with Gasteiger partial charge in [-0.3, -0.25) is 10.1 Å². The van der Waals surface area contributed by atoms with Crippen LogP contribution < -0.4 is 15.4 Å². The van der Waals surface area contributed by atoms with E-state index in [2.05, 4.69) is 22.5 Å². The molecule has 0 bridgehead atoms. The second-order valence-corrected chi connectivity index (χ2v) is 6.91. The van der Waals surface area contributed by atoms with Crippen LogP contribution in [0.25, 0.3) is 0 Å². The highest BCUT2D eigenvalue weighted by molar-refractivity contribution is 6.10. The van der Waals surface area contributed by atoms with Crippen molar-refractivity contribution in [3.05, 3.63) is 59.7 Å². The summed E-state index contributed by atoms with van der Waals surface area (Å²) in [5.74, 6) is 1.02. The summed E-state index contributed by atoms with van der Waals surface area (Å²) in [5.41, 5.74) is 2.61. The monoisotopic (exact) mass is 395 g/mol. The number of carbonyl (C=O) groups excluding carboxylic acids is 1. The smallest absolute Gasteiger partial charge is 0.257 e. The molecule has 0 saturated carbocycles. The molecule has 0 spiro atoms. The van der Waals surface area contributed by atoms with E-state index in [0.717, 1.165) is 37.3 Å². The standard InChI is InChI=1S/C23H29N3O3/c1-3-17-7-9-18(10-8-17)22(27)26-23(24-16-21-6-5-15-29-21)25-19-11-13-20(14-12-19)28-4-2/h7-14,21H,3-6,15-16H2,1-2H3,(H2,24,25,26,27). The number of nitrogens with one attached hydrogen (secondary N) is 2. The molecule has 1 saturated heterocycles. The molecule has 0 radical (unpaired) electrons. The number of hydrogen-bond acceptors (Lipinski definition) is 4. The van der Waals surface area contributed by atoms with Crippen molar-refractivity contribution in [2.75, 3.05) is 25.1 Å². The van der Waals surface area contributed by atoms with E-state index >= 15 is 0 Å². The molecule has 154 valence electrons. The van der Waals surface area contributed by atoms with E-state index in [1.165, 1.54) is 5.56 Å². The van der Waals surface area contributed by atoms with Gasteiger partial charge >= 0.3 is 0 Å². The van der Waals surface area contributed by atoms with Crippen LogP contribution in [0.2, 0.25) is 0 Å². The van der Waals surface area contributed by atoms with E-state index in [1.54, 1.807) is 0 Å². The lowest BCUT2D eigenvalue weighted by molar-refractivity contribution is 0.0975. The van der Waals surface area contributed by atoms with Gasteiger partial charge in [-0.25, -0.2) is 4.99 Å². The number of amides is 1. The molecule has 1 amide bonds. The quantitative estimate of drug-likeness (QED) is 0.549. The summed E-state index contributed by atoms with van der Waals surface area (Å²) in [4.78, 5) is 17.3. The third kappa shape index (κ3) is 6.32. The molecular weight excluding hydrogens is 366 g/mol. The van der Waals surface area contributed by atoms with E-state index in [-0.39, 0.29) is 12.0 Å². The molecule has 1 aliphatic rings. The molecule has 2 N–H and O–H groups in total. The summed E-state index contributed by atoms with van der Waals surface area (Å²) >= 11 is 0. The average molecular weight is 396 g/mol. The summed E-state index contributed by atoms with van der Waals surface area (Å²) < 4.78 is 11.1. The maximum absolute atomic E-state index is 12.7. The topological polar surface area (TPSA) is 71.9 Å². The van der Waals surface area contributed by atoms with Crippen molar-refractivity contribution < 1.29 is 14.3 Å². The Morgan fingerprint density at radius 3 is 2.52 bits per heavy atom. The lowest BCUT2D eigenvalue weighted by Gasteiger charge is -2.14. The largest absolute Gasteiger partial charge is 0.494 e. The van der Waals surface area contributed by atoms with Crippen molar-refractivity contribution in [3.63, 3.8) is 0 Å². The van der Waals surface area contributed by atoms with Crippen LogP contribution in [0.15, 0.2) is 53.5 Å². The number of guanidine groups is 1. The summed E-state index contributed by atoms with van der Waals surface area (Å²) in [6, 6.07) is 15.2. The molecule has 1 heterocycles. The minimum Gasteiger partial charge on any atom is -0.494 e. The third-order valence-electron chi connectivity index (χ3n) is 4.76. The first-order valence-corrected chi connectivity index (χ1v) is 10.2. The molecule has 29 heavy (non-hydrogen) atoms. The first kappa shape index (κ1) is 20.9. The minimum atomic E-state index is -0.197. The Balaban J connectivity index is 1.70. The highest BCUT2D eigenvalue weighted by Crippen LogP contribution is 2.16. The molecule has 6 heteroatoms. The number of hydrogen-bond donors (Lipinski definition) is 2. The van der Waals surface area contributed by atoms with Crippen molar-refractivity contribution in [2.45, 2.75) is 39.2 Å². The zero-order valence-corrected chi connectivity index (χ0v) is 17.1. The number of aryl methyl sites for hydroxylation is 1. The molecule has 6 nitrogen and oxygen atoms in total. The SMILES string of the molecule is CCOc1ccc(NC(=NCC2CCCO2)NC(=O)c2ccc(CC)cc2)cc1. The van der Waals surface area contributed by atoms with Crippen molar-refractivity contribution in [1.29, 1.82) is 0 Å². The van der Waals surface area contributed by atoms with Gasteiger partial charge in [-0.2, -0.15) is 0 Å². The summed E-state index contributed by atoms with van der Waals surface area (Å²) in [5, 5.41) is 6.10. The predicted octanol–water partition coefficient (Wildman–Crippen LogP) is 4.02. The highest BCUT2D eigenvalue weighted by Gasteiger charge is 2.16.